The predicted octanol–water partition coefficient (Wildman–Crippen LogP) is 3.72. The highest BCUT2D eigenvalue weighted by atomic mass is 35.5. The van der Waals surface area contributed by atoms with Crippen LogP contribution in [0, 0.1) is 11.8 Å². The summed E-state index contributed by atoms with van der Waals surface area (Å²) in [5.74, 6) is 2.53. The monoisotopic (exact) mass is 295 g/mol. The fraction of sp³-hybridized carbons (Fsp3) is 0.688. The number of halogens is 1. The normalized spacial score (nSPS) is 19.1. The number of rotatable bonds is 6. The van der Waals surface area contributed by atoms with E-state index in [2.05, 4.69) is 31.0 Å². The molecule has 1 aromatic heterocycles. The van der Waals surface area contributed by atoms with Gasteiger partial charge < -0.3 is 10.2 Å². The molecule has 1 aromatic rings. The first-order chi connectivity index (χ1) is 9.60. The van der Waals surface area contributed by atoms with Gasteiger partial charge >= 0.3 is 0 Å². The van der Waals surface area contributed by atoms with Gasteiger partial charge in [-0.05, 0) is 36.9 Å². The minimum absolute atomic E-state index is 0.640. The molecule has 1 aliphatic heterocycles. The number of nitrogens with one attached hydrogen (secondary N) is 1. The van der Waals surface area contributed by atoms with Gasteiger partial charge in [-0.1, -0.05) is 38.8 Å². The maximum atomic E-state index is 6.25. The van der Waals surface area contributed by atoms with E-state index in [1.165, 1.54) is 12.8 Å². The van der Waals surface area contributed by atoms with Crippen molar-refractivity contribution in [2.75, 3.05) is 24.5 Å². The van der Waals surface area contributed by atoms with Crippen LogP contribution in [0.25, 0.3) is 0 Å². The van der Waals surface area contributed by atoms with Crippen LogP contribution in [0.3, 0.4) is 0 Å². The fourth-order valence-corrected chi connectivity index (χ4v) is 2.80. The number of pyridine rings is 1. The van der Waals surface area contributed by atoms with Crippen LogP contribution in [0.2, 0.25) is 5.02 Å². The second kappa shape index (κ2) is 7.28. The molecule has 0 saturated carbocycles. The molecule has 3 nitrogen and oxygen atoms in total. The summed E-state index contributed by atoms with van der Waals surface area (Å²) in [7, 11) is 0. The van der Waals surface area contributed by atoms with Crippen molar-refractivity contribution in [3.63, 3.8) is 0 Å². The summed E-state index contributed by atoms with van der Waals surface area (Å²) in [4.78, 5) is 7.14. The van der Waals surface area contributed by atoms with Gasteiger partial charge in [0.05, 0.1) is 10.7 Å². The molecule has 1 saturated heterocycles. The molecule has 2 rings (SSSR count). The molecule has 1 atom stereocenters. The maximum absolute atomic E-state index is 6.25. The van der Waals surface area contributed by atoms with Crippen molar-refractivity contribution in [2.45, 2.75) is 40.2 Å². The number of hydrogen-bond acceptors (Lipinski definition) is 3. The Kier molecular flexibility index (Phi) is 5.67. The Hall–Kier alpha value is -0.800. The minimum atomic E-state index is 0.640. The highest BCUT2D eigenvalue weighted by Crippen LogP contribution is 2.26. The van der Waals surface area contributed by atoms with Gasteiger partial charge in [-0.25, -0.2) is 4.98 Å². The summed E-state index contributed by atoms with van der Waals surface area (Å²) in [6.45, 7) is 10.7. The van der Waals surface area contributed by atoms with Crippen LogP contribution in [0.15, 0.2) is 12.1 Å². The number of aromatic nitrogens is 1. The van der Waals surface area contributed by atoms with Gasteiger partial charge in [0.1, 0.15) is 5.82 Å². The van der Waals surface area contributed by atoms with E-state index in [0.29, 0.717) is 5.92 Å². The molecule has 4 heteroatoms. The highest BCUT2D eigenvalue weighted by Gasteiger charge is 2.22. The molecule has 20 heavy (non-hydrogen) atoms. The molecule has 0 bridgehead atoms. The van der Waals surface area contributed by atoms with Crippen molar-refractivity contribution < 1.29 is 0 Å². The molecule has 0 aromatic carbocycles. The molecule has 1 unspecified atom stereocenters. The quantitative estimate of drug-likeness (QED) is 0.867. The lowest BCUT2D eigenvalue weighted by molar-refractivity contribution is 0.548. The van der Waals surface area contributed by atoms with E-state index in [0.717, 1.165) is 48.6 Å². The largest absolute Gasteiger partial charge is 0.356 e. The van der Waals surface area contributed by atoms with Crippen LogP contribution in [0.1, 0.15) is 39.3 Å². The molecule has 0 spiro atoms. The van der Waals surface area contributed by atoms with Gasteiger partial charge in [0.15, 0.2) is 0 Å². The molecule has 0 aliphatic carbocycles. The van der Waals surface area contributed by atoms with Crippen molar-refractivity contribution in [2.24, 2.45) is 11.8 Å². The Morgan fingerprint density at radius 2 is 2.25 bits per heavy atom. The van der Waals surface area contributed by atoms with Gasteiger partial charge in [0.2, 0.25) is 0 Å². The lowest BCUT2D eigenvalue weighted by Crippen LogP contribution is -2.23. The standard InChI is InChI=1S/C16H26ClN3/c1-4-13-7-8-20(11-13)16-6-5-14(17)15(19-16)10-18-9-12(2)3/h5-6,12-13,18H,4,7-11H2,1-3H3. The Bertz CT molecular complexity index is 434. The Morgan fingerprint density at radius 3 is 2.90 bits per heavy atom. The molecular formula is C16H26ClN3. The Labute approximate surface area is 127 Å². The van der Waals surface area contributed by atoms with Crippen LogP contribution >= 0.6 is 11.6 Å². The summed E-state index contributed by atoms with van der Waals surface area (Å²) in [6, 6.07) is 4.03. The van der Waals surface area contributed by atoms with Gasteiger partial charge in [-0.3, -0.25) is 0 Å². The average molecular weight is 296 g/mol. The summed E-state index contributed by atoms with van der Waals surface area (Å²) < 4.78 is 0. The lowest BCUT2D eigenvalue weighted by Gasteiger charge is -2.19. The molecule has 0 radical (unpaired) electrons. The second-order valence-electron chi connectivity index (χ2n) is 6.13. The zero-order valence-electron chi connectivity index (χ0n) is 12.8. The topological polar surface area (TPSA) is 28.2 Å². The smallest absolute Gasteiger partial charge is 0.128 e. The third kappa shape index (κ3) is 4.10. The molecule has 0 amide bonds. The van der Waals surface area contributed by atoms with E-state index < -0.39 is 0 Å². The van der Waals surface area contributed by atoms with Gasteiger partial charge in [0, 0.05) is 19.6 Å². The summed E-state index contributed by atoms with van der Waals surface area (Å²) in [5.41, 5.74) is 0.963. The van der Waals surface area contributed by atoms with Gasteiger partial charge in [0.25, 0.3) is 0 Å². The predicted molar refractivity (Wildman–Crippen MR) is 86.4 cm³/mol. The van der Waals surface area contributed by atoms with Crippen molar-refractivity contribution in [3.8, 4) is 0 Å². The Morgan fingerprint density at radius 1 is 1.45 bits per heavy atom. The maximum Gasteiger partial charge on any atom is 0.128 e. The summed E-state index contributed by atoms with van der Waals surface area (Å²) in [5, 5.41) is 4.17. The number of nitrogens with zero attached hydrogens (tertiary/aromatic N) is 2. The molecule has 1 aliphatic rings. The molecule has 1 N–H and O–H groups in total. The highest BCUT2D eigenvalue weighted by molar-refractivity contribution is 6.31. The molecule has 112 valence electrons. The van der Waals surface area contributed by atoms with E-state index in [9.17, 15) is 0 Å². The van der Waals surface area contributed by atoms with E-state index >= 15 is 0 Å². The van der Waals surface area contributed by atoms with Crippen molar-refractivity contribution in [3.05, 3.63) is 22.8 Å². The SMILES string of the molecule is CCC1CCN(c2ccc(Cl)c(CNCC(C)C)n2)C1. The second-order valence-corrected chi connectivity index (χ2v) is 6.54. The van der Waals surface area contributed by atoms with Crippen LogP contribution < -0.4 is 10.2 Å². The van der Waals surface area contributed by atoms with Crippen molar-refractivity contribution >= 4 is 17.4 Å². The van der Waals surface area contributed by atoms with Crippen molar-refractivity contribution in [1.29, 1.82) is 0 Å². The average Bonchev–Trinajstić information content (AvgIpc) is 2.89. The van der Waals surface area contributed by atoms with E-state index in [1.54, 1.807) is 0 Å². The van der Waals surface area contributed by atoms with Crippen LogP contribution in [-0.4, -0.2) is 24.6 Å². The third-order valence-electron chi connectivity index (χ3n) is 3.94. The minimum Gasteiger partial charge on any atom is -0.356 e. The summed E-state index contributed by atoms with van der Waals surface area (Å²) in [6.07, 6.45) is 2.54. The van der Waals surface area contributed by atoms with Gasteiger partial charge in [-0.2, -0.15) is 0 Å². The molecule has 1 fully saturated rings. The first kappa shape index (κ1) is 15.6. The van der Waals surface area contributed by atoms with Crippen LogP contribution in [0.5, 0.6) is 0 Å². The lowest BCUT2D eigenvalue weighted by atomic mass is 10.1. The van der Waals surface area contributed by atoms with Crippen LogP contribution in [0.4, 0.5) is 5.82 Å². The van der Waals surface area contributed by atoms with E-state index in [4.69, 9.17) is 16.6 Å². The third-order valence-corrected chi connectivity index (χ3v) is 4.28. The van der Waals surface area contributed by atoms with Crippen LogP contribution in [-0.2, 0) is 6.54 Å². The molecular weight excluding hydrogens is 270 g/mol. The zero-order chi connectivity index (χ0) is 14.5. The summed E-state index contributed by atoms with van der Waals surface area (Å²) >= 11 is 6.25. The van der Waals surface area contributed by atoms with Crippen molar-refractivity contribution in [1.82, 2.24) is 10.3 Å². The number of anilines is 1. The Balaban J connectivity index is 2.01. The van der Waals surface area contributed by atoms with E-state index in [-0.39, 0.29) is 0 Å². The fourth-order valence-electron chi connectivity index (χ4n) is 2.63. The first-order valence-corrected chi connectivity index (χ1v) is 8.09. The first-order valence-electron chi connectivity index (χ1n) is 7.71. The number of hydrogen-bond donors (Lipinski definition) is 1. The van der Waals surface area contributed by atoms with E-state index in [1.807, 2.05) is 12.1 Å². The zero-order valence-corrected chi connectivity index (χ0v) is 13.6. The molecule has 2 heterocycles. The van der Waals surface area contributed by atoms with Gasteiger partial charge in [-0.15, -0.1) is 0 Å².